The van der Waals surface area contributed by atoms with Crippen molar-refractivity contribution in [2.45, 2.75) is 38.5 Å². The summed E-state index contributed by atoms with van der Waals surface area (Å²) in [5, 5.41) is 0.996. The van der Waals surface area contributed by atoms with Crippen molar-refractivity contribution in [3.05, 3.63) is 35.5 Å². The molecule has 0 bridgehead atoms. The average molecular weight is 298 g/mol. The number of aromatic nitrogens is 1. The molecule has 2 aromatic rings. The van der Waals surface area contributed by atoms with Gasteiger partial charge in [0.25, 0.3) is 0 Å². The maximum absolute atomic E-state index is 11.5. The molecule has 0 atom stereocenters. The summed E-state index contributed by atoms with van der Waals surface area (Å²) in [4.78, 5) is 15.9. The third kappa shape index (κ3) is 2.65. The highest BCUT2D eigenvalue weighted by Gasteiger charge is 2.22. The number of rotatable bonds is 3. The first-order valence-electron chi connectivity index (χ1n) is 7.86. The van der Waals surface area contributed by atoms with E-state index >= 15 is 0 Å². The number of fused-ring (bicyclic) bond motifs is 1. The molecule has 0 spiro atoms. The molecule has 1 aliphatic carbocycles. The number of methoxy groups -OCH3 is 1. The first kappa shape index (κ1) is 14.8. The predicted octanol–water partition coefficient (Wildman–Crippen LogP) is 3.64. The summed E-state index contributed by atoms with van der Waals surface area (Å²) in [5.74, 6) is 1.62. The van der Waals surface area contributed by atoms with Crippen LogP contribution in [0.1, 0.15) is 54.4 Å². The van der Waals surface area contributed by atoms with Crippen molar-refractivity contribution in [3.63, 3.8) is 0 Å². The Labute approximate surface area is 130 Å². The van der Waals surface area contributed by atoms with Crippen LogP contribution >= 0.6 is 0 Å². The number of benzene rings is 1. The molecule has 4 nitrogen and oxygen atoms in total. The lowest BCUT2D eigenvalue weighted by molar-refractivity contribution is 0.1000. The molecule has 1 aromatic heterocycles. The lowest BCUT2D eigenvalue weighted by Crippen LogP contribution is -2.13. The fourth-order valence-electron chi connectivity index (χ4n) is 3.44. The third-order valence-electron chi connectivity index (χ3n) is 4.81. The molecule has 1 heterocycles. The second-order valence-electron chi connectivity index (χ2n) is 6.30. The van der Waals surface area contributed by atoms with E-state index in [0.717, 1.165) is 22.6 Å². The van der Waals surface area contributed by atoms with Gasteiger partial charge in [0.1, 0.15) is 11.3 Å². The van der Waals surface area contributed by atoms with Gasteiger partial charge in [-0.25, -0.2) is 0 Å². The second kappa shape index (κ2) is 5.95. The molecule has 2 N–H and O–H groups in total. The van der Waals surface area contributed by atoms with Gasteiger partial charge in [0.2, 0.25) is 5.91 Å². The van der Waals surface area contributed by atoms with E-state index in [1.54, 1.807) is 7.11 Å². The summed E-state index contributed by atoms with van der Waals surface area (Å²) in [6.45, 7) is 2.31. The Morgan fingerprint density at radius 1 is 1.27 bits per heavy atom. The van der Waals surface area contributed by atoms with E-state index in [1.165, 1.54) is 37.4 Å². The summed E-state index contributed by atoms with van der Waals surface area (Å²) in [5.41, 5.74) is 7.93. The van der Waals surface area contributed by atoms with Crippen molar-refractivity contribution in [3.8, 4) is 5.75 Å². The molecule has 22 heavy (non-hydrogen) atoms. The normalized spacial score (nSPS) is 21.7. The van der Waals surface area contributed by atoms with E-state index < -0.39 is 5.91 Å². The minimum Gasteiger partial charge on any atom is -0.494 e. The highest BCUT2D eigenvalue weighted by atomic mass is 16.5. The summed E-state index contributed by atoms with van der Waals surface area (Å²) in [6.07, 6.45) is 6.40. The van der Waals surface area contributed by atoms with Crippen molar-refractivity contribution in [1.29, 1.82) is 0 Å². The number of nitrogens with zero attached hydrogens (tertiary/aromatic N) is 1. The Kier molecular flexibility index (Phi) is 4.01. The molecule has 1 saturated carbocycles. The molecule has 0 saturated heterocycles. The number of amides is 1. The molecule has 116 valence electrons. The van der Waals surface area contributed by atoms with Gasteiger partial charge in [0.15, 0.2) is 0 Å². The van der Waals surface area contributed by atoms with Gasteiger partial charge in [-0.2, -0.15) is 0 Å². The number of hydrogen-bond donors (Lipinski definition) is 1. The zero-order valence-electron chi connectivity index (χ0n) is 13.1. The maximum Gasteiger partial charge on any atom is 0.250 e. The summed E-state index contributed by atoms with van der Waals surface area (Å²) in [6, 6.07) is 5.96. The van der Waals surface area contributed by atoms with Crippen LogP contribution in [0.5, 0.6) is 5.75 Å². The molecule has 4 heteroatoms. The van der Waals surface area contributed by atoms with E-state index in [2.05, 4.69) is 18.0 Å². The number of hydrogen-bond acceptors (Lipinski definition) is 3. The topological polar surface area (TPSA) is 65.2 Å². The van der Waals surface area contributed by atoms with Crippen LogP contribution in [0, 0.1) is 5.92 Å². The third-order valence-corrected chi connectivity index (χ3v) is 4.81. The second-order valence-corrected chi connectivity index (χ2v) is 6.30. The number of carbonyl (C=O) groups excluding carboxylic acids is 1. The molecule has 1 aromatic carbocycles. The SMILES string of the molecule is COc1ccc(C2CCC(C)CC2)c2cc(C(N)=O)cnc12. The van der Waals surface area contributed by atoms with E-state index in [-0.39, 0.29) is 0 Å². The van der Waals surface area contributed by atoms with Crippen molar-refractivity contribution in [2.75, 3.05) is 7.11 Å². The summed E-state index contributed by atoms with van der Waals surface area (Å²) >= 11 is 0. The van der Waals surface area contributed by atoms with Gasteiger partial charge in [-0.05, 0) is 42.4 Å². The number of carbonyl (C=O) groups is 1. The molecular weight excluding hydrogens is 276 g/mol. The number of nitrogens with two attached hydrogens (primary N) is 1. The van der Waals surface area contributed by atoms with Crippen molar-refractivity contribution >= 4 is 16.8 Å². The van der Waals surface area contributed by atoms with E-state index in [4.69, 9.17) is 10.5 Å². The first-order valence-corrected chi connectivity index (χ1v) is 7.86. The first-order chi connectivity index (χ1) is 10.6. The molecule has 0 radical (unpaired) electrons. The number of ether oxygens (including phenoxy) is 1. The van der Waals surface area contributed by atoms with Crippen molar-refractivity contribution < 1.29 is 9.53 Å². The van der Waals surface area contributed by atoms with Gasteiger partial charge in [0.05, 0.1) is 12.7 Å². The monoisotopic (exact) mass is 298 g/mol. The molecule has 1 amide bonds. The van der Waals surface area contributed by atoms with Gasteiger partial charge < -0.3 is 10.5 Å². The van der Waals surface area contributed by atoms with Crippen LogP contribution in [0.25, 0.3) is 10.9 Å². The van der Waals surface area contributed by atoms with Crippen LogP contribution in [0.2, 0.25) is 0 Å². The Bertz CT molecular complexity index is 704. The molecular formula is C18H22N2O2. The maximum atomic E-state index is 11.5. The molecule has 1 aliphatic rings. The zero-order valence-corrected chi connectivity index (χ0v) is 13.1. The predicted molar refractivity (Wildman–Crippen MR) is 87.2 cm³/mol. The van der Waals surface area contributed by atoms with Crippen molar-refractivity contribution in [1.82, 2.24) is 4.98 Å². The molecule has 0 aliphatic heterocycles. The van der Waals surface area contributed by atoms with E-state index in [0.29, 0.717) is 11.5 Å². The van der Waals surface area contributed by atoms with Gasteiger partial charge in [-0.15, -0.1) is 0 Å². The fraction of sp³-hybridized carbons (Fsp3) is 0.444. The van der Waals surface area contributed by atoms with Gasteiger partial charge >= 0.3 is 0 Å². The van der Waals surface area contributed by atoms with E-state index in [9.17, 15) is 4.79 Å². The molecule has 0 unspecified atom stereocenters. The Hall–Kier alpha value is -2.10. The summed E-state index contributed by atoms with van der Waals surface area (Å²) < 4.78 is 5.41. The van der Waals surface area contributed by atoms with Crippen LogP contribution < -0.4 is 10.5 Å². The smallest absolute Gasteiger partial charge is 0.250 e. The Balaban J connectivity index is 2.12. The molecule has 3 rings (SSSR count). The van der Waals surface area contributed by atoms with Gasteiger partial charge in [0, 0.05) is 11.6 Å². The lowest BCUT2D eigenvalue weighted by atomic mass is 9.78. The van der Waals surface area contributed by atoms with Crippen LogP contribution in [-0.2, 0) is 0 Å². The number of primary amides is 1. The fourth-order valence-corrected chi connectivity index (χ4v) is 3.44. The van der Waals surface area contributed by atoms with Gasteiger partial charge in [-0.3, -0.25) is 9.78 Å². The lowest BCUT2D eigenvalue weighted by Gasteiger charge is -2.27. The zero-order chi connectivity index (χ0) is 15.7. The van der Waals surface area contributed by atoms with Crippen LogP contribution in [0.4, 0.5) is 0 Å². The van der Waals surface area contributed by atoms with E-state index in [1.807, 2.05) is 12.1 Å². The largest absolute Gasteiger partial charge is 0.494 e. The quantitative estimate of drug-likeness (QED) is 0.941. The Morgan fingerprint density at radius 2 is 2.00 bits per heavy atom. The van der Waals surface area contributed by atoms with Crippen LogP contribution in [0.15, 0.2) is 24.4 Å². The highest BCUT2D eigenvalue weighted by Crippen LogP contribution is 2.40. The average Bonchev–Trinajstić information content (AvgIpc) is 2.54. The summed E-state index contributed by atoms with van der Waals surface area (Å²) in [7, 11) is 1.64. The van der Waals surface area contributed by atoms with Crippen LogP contribution in [-0.4, -0.2) is 18.0 Å². The molecule has 1 fully saturated rings. The minimum atomic E-state index is -0.444. The highest BCUT2D eigenvalue weighted by molar-refractivity contribution is 5.98. The number of pyridine rings is 1. The standard InChI is InChI=1S/C18H22N2O2/c1-11-3-5-12(6-4-11)14-7-8-16(22-2)17-15(14)9-13(10-20-17)18(19)21/h7-12H,3-6H2,1-2H3,(H2,19,21). The minimum absolute atomic E-state index is 0.444. The van der Waals surface area contributed by atoms with Gasteiger partial charge in [-0.1, -0.05) is 25.8 Å². The van der Waals surface area contributed by atoms with Crippen LogP contribution in [0.3, 0.4) is 0 Å². The van der Waals surface area contributed by atoms with Crippen molar-refractivity contribution in [2.24, 2.45) is 11.7 Å². The Morgan fingerprint density at radius 3 is 2.64 bits per heavy atom.